The number of aromatic nitrogens is 2. The van der Waals surface area contributed by atoms with Crippen molar-refractivity contribution in [2.45, 2.75) is 6.54 Å². The lowest BCUT2D eigenvalue weighted by Crippen LogP contribution is -2.22. The molecule has 2 rings (SSSR count). The minimum Gasteiger partial charge on any atom is -0.506 e. The Morgan fingerprint density at radius 3 is 2.94 bits per heavy atom. The van der Waals surface area contributed by atoms with Gasteiger partial charge in [0.05, 0.1) is 17.3 Å². The number of carbonyl (C=O) groups is 1. The molecule has 88 valence electrons. The van der Waals surface area contributed by atoms with Gasteiger partial charge in [-0.3, -0.25) is 9.89 Å². The molecule has 0 atom stereocenters. The average molecular weight is 252 g/mol. The summed E-state index contributed by atoms with van der Waals surface area (Å²) in [4.78, 5) is 11.7. The Balaban J connectivity index is 2.02. The van der Waals surface area contributed by atoms with Crippen LogP contribution in [0.2, 0.25) is 5.02 Å². The first-order chi connectivity index (χ1) is 8.16. The van der Waals surface area contributed by atoms with Gasteiger partial charge in [0.15, 0.2) is 0 Å². The summed E-state index contributed by atoms with van der Waals surface area (Å²) in [5, 5.41) is 18.6. The number of rotatable bonds is 3. The van der Waals surface area contributed by atoms with Gasteiger partial charge in [-0.1, -0.05) is 11.6 Å². The quantitative estimate of drug-likeness (QED) is 0.777. The summed E-state index contributed by atoms with van der Waals surface area (Å²) in [6.45, 7) is 0.358. The van der Waals surface area contributed by atoms with Gasteiger partial charge < -0.3 is 10.4 Å². The zero-order chi connectivity index (χ0) is 12.3. The average Bonchev–Trinajstić information content (AvgIpc) is 2.82. The van der Waals surface area contributed by atoms with E-state index in [-0.39, 0.29) is 16.7 Å². The normalized spacial score (nSPS) is 10.2. The molecule has 1 amide bonds. The Hall–Kier alpha value is -2.01. The number of nitrogens with one attached hydrogen (secondary N) is 2. The van der Waals surface area contributed by atoms with Gasteiger partial charge in [0.2, 0.25) is 0 Å². The Morgan fingerprint density at radius 2 is 2.29 bits per heavy atom. The molecular formula is C11H10ClN3O2. The maximum atomic E-state index is 11.7. The molecule has 3 N–H and O–H groups in total. The molecule has 0 radical (unpaired) electrons. The maximum Gasteiger partial charge on any atom is 0.251 e. The zero-order valence-electron chi connectivity index (χ0n) is 8.77. The number of phenols is 1. The van der Waals surface area contributed by atoms with E-state index in [1.165, 1.54) is 18.2 Å². The third kappa shape index (κ3) is 2.76. The first-order valence-corrected chi connectivity index (χ1v) is 5.29. The number of benzene rings is 1. The van der Waals surface area contributed by atoms with E-state index >= 15 is 0 Å². The standard InChI is InChI=1S/C11H10ClN3O2/c12-9-5-7(1-2-10(9)16)11(17)13-6-8-3-4-14-15-8/h1-5,16H,6H2,(H,13,17)(H,14,15). The van der Waals surface area contributed by atoms with E-state index in [9.17, 15) is 9.90 Å². The van der Waals surface area contributed by atoms with Crippen LogP contribution >= 0.6 is 11.6 Å². The van der Waals surface area contributed by atoms with Gasteiger partial charge in [0.1, 0.15) is 5.75 Å². The van der Waals surface area contributed by atoms with Crippen molar-refractivity contribution in [3.05, 3.63) is 46.7 Å². The number of amides is 1. The highest BCUT2D eigenvalue weighted by Gasteiger charge is 2.08. The Kier molecular flexibility index (Phi) is 3.30. The smallest absolute Gasteiger partial charge is 0.251 e. The molecule has 0 saturated carbocycles. The first kappa shape index (κ1) is 11.5. The van der Waals surface area contributed by atoms with Crippen molar-refractivity contribution >= 4 is 17.5 Å². The number of aromatic amines is 1. The van der Waals surface area contributed by atoms with Crippen LogP contribution in [0.25, 0.3) is 0 Å². The molecule has 0 saturated heterocycles. The predicted molar refractivity (Wildman–Crippen MR) is 62.9 cm³/mol. The van der Waals surface area contributed by atoms with Crippen molar-refractivity contribution in [3.63, 3.8) is 0 Å². The SMILES string of the molecule is O=C(NCc1ccn[nH]1)c1ccc(O)c(Cl)c1. The summed E-state index contributed by atoms with van der Waals surface area (Å²) in [6.07, 6.45) is 1.61. The van der Waals surface area contributed by atoms with E-state index in [1.807, 2.05) is 0 Å². The third-order valence-electron chi connectivity index (χ3n) is 2.21. The molecule has 0 unspecified atom stereocenters. The van der Waals surface area contributed by atoms with Crippen molar-refractivity contribution in [2.24, 2.45) is 0 Å². The van der Waals surface area contributed by atoms with Crippen LogP contribution in [0.15, 0.2) is 30.5 Å². The van der Waals surface area contributed by atoms with Gasteiger partial charge in [-0.05, 0) is 24.3 Å². The van der Waals surface area contributed by atoms with Gasteiger partial charge in [0.25, 0.3) is 5.91 Å². The molecule has 0 fully saturated rings. The highest BCUT2D eigenvalue weighted by Crippen LogP contribution is 2.23. The van der Waals surface area contributed by atoms with E-state index in [1.54, 1.807) is 12.3 Å². The summed E-state index contributed by atoms with van der Waals surface area (Å²) >= 11 is 5.71. The molecule has 17 heavy (non-hydrogen) atoms. The minimum absolute atomic E-state index is 0.0446. The first-order valence-electron chi connectivity index (χ1n) is 4.92. The van der Waals surface area contributed by atoms with E-state index in [2.05, 4.69) is 15.5 Å². The number of hydrogen-bond donors (Lipinski definition) is 3. The summed E-state index contributed by atoms with van der Waals surface area (Å²) in [5.74, 6) is -0.307. The second kappa shape index (κ2) is 4.88. The van der Waals surface area contributed by atoms with Crippen molar-refractivity contribution in [1.82, 2.24) is 15.5 Å². The van der Waals surface area contributed by atoms with Gasteiger partial charge >= 0.3 is 0 Å². The molecule has 0 aliphatic heterocycles. The molecule has 0 aliphatic carbocycles. The zero-order valence-corrected chi connectivity index (χ0v) is 9.53. The fourth-order valence-corrected chi connectivity index (χ4v) is 1.49. The van der Waals surface area contributed by atoms with Crippen molar-refractivity contribution < 1.29 is 9.90 Å². The highest BCUT2D eigenvalue weighted by molar-refractivity contribution is 6.32. The van der Waals surface area contributed by atoms with Crippen LogP contribution in [0, 0.1) is 0 Å². The number of hydrogen-bond acceptors (Lipinski definition) is 3. The van der Waals surface area contributed by atoms with E-state index in [4.69, 9.17) is 11.6 Å². The number of halogens is 1. The Bertz CT molecular complexity index is 526. The lowest BCUT2D eigenvalue weighted by Gasteiger charge is -2.04. The van der Waals surface area contributed by atoms with Crippen molar-refractivity contribution in [2.75, 3.05) is 0 Å². The van der Waals surface area contributed by atoms with Gasteiger partial charge in [-0.25, -0.2) is 0 Å². The summed E-state index contributed by atoms with van der Waals surface area (Å²) in [7, 11) is 0. The number of carbonyl (C=O) groups excluding carboxylic acids is 1. The largest absolute Gasteiger partial charge is 0.506 e. The molecule has 1 heterocycles. The molecule has 0 bridgehead atoms. The second-order valence-electron chi connectivity index (χ2n) is 3.43. The van der Waals surface area contributed by atoms with Crippen LogP contribution in [0.1, 0.15) is 16.1 Å². The number of nitrogens with zero attached hydrogens (tertiary/aromatic N) is 1. The highest BCUT2D eigenvalue weighted by atomic mass is 35.5. The van der Waals surface area contributed by atoms with Crippen LogP contribution < -0.4 is 5.32 Å². The molecule has 6 heteroatoms. The fraction of sp³-hybridized carbons (Fsp3) is 0.0909. The van der Waals surface area contributed by atoms with Gasteiger partial charge in [-0.15, -0.1) is 0 Å². The Morgan fingerprint density at radius 1 is 1.47 bits per heavy atom. The lowest BCUT2D eigenvalue weighted by molar-refractivity contribution is 0.0950. The topological polar surface area (TPSA) is 78.0 Å². The summed E-state index contributed by atoms with van der Waals surface area (Å²) in [5.41, 5.74) is 1.20. The van der Waals surface area contributed by atoms with Gasteiger partial charge in [-0.2, -0.15) is 5.10 Å². The van der Waals surface area contributed by atoms with Crippen LogP contribution in [-0.4, -0.2) is 21.2 Å². The number of phenolic OH excluding ortho intramolecular Hbond substituents is 1. The van der Waals surface area contributed by atoms with Gasteiger partial charge in [0, 0.05) is 11.8 Å². The fourth-order valence-electron chi connectivity index (χ4n) is 1.31. The van der Waals surface area contributed by atoms with E-state index in [0.29, 0.717) is 12.1 Å². The minimum atomic E-state index is -0.262. The van der Waals surface area contributed by atoms with Crippen LogP contribution in [0.5, 0.6) is 5.75 Å². The number of aromatic hydroxyl groups is 1. The third-order valence-corrected chi connectivity index (χ3v) is 2.51. The molecule has 2 aromatic rings. The summed E-state index contributed by atoms with van der Waals surface area (Å²) < 4.78 is 0. The molecule has 1 aromatic carbocycles. The number of H-pyrrole nitrogens is 1. The molecular weight excluding hydrogens is 242 g/mol. The molecule has 5 nitrogen and oxygen atoms in total. The predicted octanol–water partition coefficient (Wildman–Crippen LogP) is 1.70. The maximum absolute atomic E-state index is 11.7. The van der Waals surface area contributed by atoms with Crippen LogP contribution in [0.3, 0.4) is 0 Å². The van der Waals surface area contributed by atoms with Crippen molar-refractivity contribution in [3.8, 4) is 5.75 Å². The van der Waals surface area contributed by atoms with Crippen LogP contribution in [-0.2, 0) is 6.54 Å². The summed E-state index contributed by atoms with van der Waals surface area (Å²) in [6, 6.07) is 6.07. The Labute approximate surface area is 102 Å². The molecule has 1 aromatic heterocycles. The molecule has 0 spiro atoms. The second-order valence-corrected chi connectivity index (χ2v) is 3.84. The monoisotopic (exact) mass is 251 g/mol. The van der Waals surface area contributed by atoms with E-state index < -0.39 is 0 Å². The lowest BCUT2D eigenvalue weighted by atomic mass is 10.2. The van der Waals surface area contributed by atoms with Crippen LogP contribution in [0.4, 0.5) is 0 Å². The molecule has 0 aliphatic rings. The van der Waals surface area contributed by atoms with E-state index in [0.717, 1.165) is 5.69 Å². The van der Waals surface area contributed by atoms with Crippen molar-refractivity contribution in [1.29, 1.82) is 0 Å².